The molecule has 0 bridgehead atoms. The third-order valence-corrected chi connectivity index (χ3v) is 3.86. The first-order chi connectivity index (χ1) is 12.0. The Kier molecular flexibility index (Phi) is 4.34. The van der Waals surface area contributed by atoms with Crippen molar-refractivity contribution in [2.24, 2.45) is 0 Å². The number of benzene rings is 2. The summed E-state index contributed by atoms with van der Waals surface area (Å²) in [5.41, 5.74) is 2.00. The molecule has 1 heterocycles. The SMILES string of the molecule is COC(=O)c1ccc(Cn2ncc3cc([N+](=O)[O-])ccc32)c(OC)c1. The van der Waals surface area contributed by atoms with E-state index in [9.17, 15) is 14.9 Å². The first kappa shape index (κ1) is 16.4. The molecule has 0 aliphatic carbocycles. The molecule has 0 saturated heterocycles. The number of carbonyl (C=O) groups is 1. The third kappa shape index (κ3) is 3.14. The van der Waals surface area contributed by atoms with Crippen molar-refractivity contribution in [3.05, 3.63) is 63.8 Å². The summed E-state index contributed by atoms with van der Waals surface area (Å²) in [5, 5.41) is 15.8. The Bertz CT molecular complexity index is 964. The van der Waals surface area contributed by atoms with Crippen molar-refractivity contribution in [2.75, 3.05) is 14.2 Å². The van der Waals surface area contributed by atoms with Crippen molar-refractivity contribution in [1.82, 2.24) is 9.78 Å². The molecular weight excluding hydrogens is 326 g/mol. The van der Waals surface area contributed by atoms with Crippen LogP contribution in [-0.4, -0.2) is 34.9 Å². The highest BCUT2D eigenvalue weighted by Gasteiger charge is 2.14. The number of ether oxygens (including phenoxy) is 2. The number of fused-ring (bicyclic) bond motifs is 1. The molecule has 0 saturated carbocycles. The lowest BCUT2D eigenvalue weighted by atomic mass is 10.1. The summed E-state index contributed by atoms with van der Waals surface area (Å²) in [4.78, 5) is 22.0. The fraction of sp³-hybridized carbons (Fsp3) is 0.176. The van der Waals surface area contributed by atoms with Gasteiger partial charge in [-0.15, -0.1) is 0 Å². The van der Waals surface area contributed by atoms with Gasteiger partial charge in [0, 0.05) is 23.1 Å². The zero-order valence-electron chi connectivity index (χ0n) is 13.6. The molecule has 8 heteroatoms. The molecule has 2 aromatic carbocycles. The van der Waals surface area contributed by atoms with Gasteiger partial charge >= 0.3 is 5.97 Å². The van der Waals surface area contributed by atoms with Crippen molar-refractivity contribution in [1.29, 1.82) is 0 Å². The third-order valence-electron chi connectivity index (χ3n) is 3.86. The number of hydrogen-bond acceptors (Lipinski definition) is 6. The van der Waals surface area contributed by atoms with Crippen LogP contribution in [0.5, 0.6) is 5.75 Å². The van der Waals surface area contributed by atoms with Gasteiger partial charge in [0.25, 0.3) is 5.69 Å². The smallest absolute Gasteiger partial charge is 0.337 e. The number of nitro benzene ring substituents is 1. The topological polar surface area (TPSA) is 96.5 Å². The average Bonchev–Trinajstić information content (AvgIpc) is 3.03. The van der Waals surface area contributed by atoms with E-state index in [2.05, 4.69) is 5.10 Å². The second-order valence-electron chi connectivity index (χ2n) is 5.32. The minimum atomic E-state index is -0.443. The molecule has 0 aliphatic rings. The number of nitrogens with zero attached hydrogens (tertiary/aromatic N) is 3. The molecule has 1 aromatic heterocycles. The van der Waals surface area contributed by atoms with Crippen LogP contribution < -0.4 is 4.74 Å². The molecule has 8 nitrogen and oxygen atoms in total. The van der Waals surface area contributed by atoms with Crippen molar-refractivity contribution >= 4 is 22.6 Å². The number of nitro groups is 1. The van der Waals surface area contributed by atoms with E-state index in [1.807, 2.05) is 0 Å². The number of non-ortho nitro benzene ring substituents is 1. The van der Waals surface area contributed by atoms with Crippen molar-refractivity contribution in [2.45, 2.75) is 6.54 Å². The highest BCUT2D eigenvalue weighted by atomic mass is 16.6. The number of methoxy groups -OCH3 is 2. The van der Waals surface area contributed by atoms with E-state index in [4.69, 9.17) is 9.47 Å². The highest BCUT2D eigenvalue weighted by molar-refractivity contribution is 5.90. The second-order valence-corrected chi connectivity index (χ2v) is 5.32. The van der Waals surface area contributed by atoms with Crippen molar-refractivity contribution in [3.8, 4) is 5.75 Å². The molecule has 0 atom stereocenters. The van der Waals surface area contributed by atoms with Crippen LogP contribution in [0.3, 0.4) is 0 Å². The summed E-state index contributed by atoms with van der Waals surface area (Å²) < 4.78 is 11.8. The molecule has 0 radical (unpaired) electrons. The van der Waals surface area contributed by atoms with Crippen LogP contribution in [0.2, 0.25) is 0 Å². The Balaban J connectivity index is 1.95. The Labute approximate surface area is 142 Å². The summed E-state index contributed by atoms with van der Waals surface area (Å²) in [6.45, 7) is 0.395. The number of rotatable bonds is 5. The van der Waals surface area contributed by atoms with E-state index in [1.165, 1.54) is 26.4 Å². The Hall–Kier alpha value is -3.42. The quantitative estimate of drug-likeness (QED) is 0.402. The number of hydrogen-bond donors (Lipinski definition) is 0. The van der Waals surface area contributed by atoms with Gasteiger partial charge < -0.3 is 9.47 Å². The Morgan fingerprint density at radius 2 is 2.04 bits per heavy atom. The minimum absolute atomic E-state index is 0.0204. The largest absolute Gasteiger partial charge is 0.496 e. The standard InChI is InChI=1S/C17H15N3O5/c1-24-16-8-11(17(21)25-2)3-4-12(16)10-19-15-6-5-14(20(22)23)7-13(15)9-18-19/h3-9H,10H2,1-2H3. The molecule has 0 aliphatic heterocycles. The van der Waals surface area contributed by atoms with Crippen LogP contribution in [0.4, 0.5) is 5.69 Å². The molecule has 3 rings (SSSR count). The molecule has 0 N–H and O–H groups in total. The summed E-state index contributed by atoms with van der Waals surface area (Å²) in [7, 11) is 2.84. The summed E-state index contributed by atoms with van der Waals surface area (Å²) in [6.07, 6.45) is 1.58. The summed E-state index contributed by atoms with van der Waals surface area (Å²) in [6, 6.07) is 9.62. The van der Waals surface area contributed by atoms with Gasteiger partial charge in [-0.1, -0.05) is 6.07 Å². The number of carbonyl (C=O) groups excluding carboxylic acids is 1. The summed E-state index contributed by atoms with van der Waals surface area (Å²) in [5.74, 6) is 0.0927. The minimum Gasteiger partial charge on any atom is -0.496 e. The van der Waals surface area contributed by atoms with E-state index in [0.29, 0.717) is 23.2 Å². The maximum Gasteiger partial charge on any atom is 0.337 e. The van der Waals surface area contributed by atoms with Crippen LogP contribution in [0.15, 0.2) is 42.6 Å². The first-order valence-corrected chi connectivity index (χ1v) is 7.38. The van der Waals surface area contributed by atoms with E-state index < -0.39 is 10.9 Å². The van der Waals surface area contributed by atoms with Gasteiger partial charge in [0.2, 0.25) is 0 Å². The molecule has 0 spiro atoms. The van der Waals surface area contributed by atoms with Gasteiger partial charge in [0.05, 0.1) is 43.0 Å². The molecule has 25 heavy (non-hydrogen) atoms. The average molecular weight is 341 g/mol. The number of aromatic nitrogens is 2. The summed E-state index contributed by atoms with van der Waals surface area (Å²) >= 11 is 0. The van der Waals surface area contributed by atoms with Crippen LogP contribution in [-0.2, 0) is 11.3 Å². The predicted octanol–water partition coefficient (Wildman–Crippen LogP) is 2.79. The molecule has 0 unspecified atom stereocenters. The van der Waals surface area contributed by atoms with Crippen molar-refractivity contribution < 1.29 is 19.2 Å². The van der Waals surface area contributed by atoms with E-state index >= 15 is 0 Å². The van der Waals surface area contributed by atoms with Gasteiger partial charge in [0.15, 0.2) is 0 Å². The van der Waals surface area contributed by atoms with Gasteiger partial charge in [-0.05, 0) is 18.2 Å². The maximum absolute atomic E-state index is 11.6. The monoisotopic (exact) mass is 341 g/mol. The lowest BCUT2D eigenvalue weighted by Crippen LogP contribution is -2.06. The molecule has 0 amide bonds. The lowest BCUT2D eigenvalue weighted by Gasteiger charge is -2.11. The van der Waals surface area contributed by atoms with Crippen LogP contribution in [0.25, 0.3) is 10.9 Å². The van der Waals surface area contributed by atoms with Gasteiger partial charge in [-0.25, -0.2) is 4.79 Å². The second kappa shape index (κ2) is 6.60. The normalized spacial score (nSPS) is 10.6. The van der Waals surface area contributed by atoms with Crippen LogP contribution in [0, 0.1) is 10.1 Å². The lowest BCUT2D eigenvalue weighted by molar-refractivity contribution is -0.384. The van der Waals surface area contributed by atoms with Gasteiger partial charge in [-0.2, -0.15) is 5.10 Å². The van der Waals surface area contributed by atoms with Gasteiger partial charge in [0.1, 0.15) is 5.75 Å². The molecular formula is C17H15N3O5. The van der Waals surface area contributed by atoms with Crippen LogP contribution in [0.1, 0.15) is 15.9 Å². The van der Waals surface area contributed by atoms with E-state index in [1.54, 1.807) is 35.1 Å². The predicted molar refractivity (Wildman–Crippen MR) is 89.8 cm³/mol. The first-order valence-electron chi connectivity index (χ1n) is 7.38. The molecule has 3 aromatic rings. The van der Waals surface area contributed by atoms with Crippen molar-refractivity contribution in [3.63, 3.8) is 0 Å². The van der Waals surface area contributed by atoms with Gasteiger partial charge in [-0.3, -0.25) is 14.8 Å². The fourth-order valence-electron chi connectivity index (χ4n) is 2.60. The van der Waals surface area contributed by atoms with E-state index in [0.717, 1.165) is 11.1 Å². The zero-order chi connectivity index (χ0) is 18.0. The number of esters is 1. The van der Waals surface area contributed by atoms with Crippen LogP contribution >= 0.6 is 0 Å². The zero-order valence-corrected chi connectivity index (χ0v) is 13.6. The van der Waals surface area contributed by atoms with E-state index in [-0.39, 0.29) is 5.69 Å². The Morgan fingerprint density at radius 1 is 1.24 bits per heavy atom. The molecule has 128 valence electrons. The fourth-order valence-corrected chi connectivity index (χ4v) is 2.60. The molecule has 0 fully saturated rings. The highest BCUT2D eigenvalue weighted by Crippen LogP contribution is 2.25. The maximum atomic E-state index is 11.6. The Morgan fingerprint density at radius 3 is 2.72 bits per heavy atom.